The number of rotatable bonds is 4. The predicted molar refractivity (Wildman–Crippen MR) is 96.3 cm³/mol. The highest BCUT2D eigenvalue weighted by Crippen LogP contribution is 2.24. The first-order valence-corrected chi connectivity index (χ1v) is 8.76. The van der Waals surface area contributed by atoms with Crippen molar-refractivity contribution in [2.24, 2.45) is 7.05 Å². The van der Waals surface area contributed by atoms with Gasteiger partial charge in [-0.3, -0.25) is 9.58 Å². The van der Waals surface area contributed by atoms with Crippen molar-refractivity contribution in [3.05, 3.63) is 47.9 Å². The Kier molecular flexibility index (Phi) is 4.71. The minimum atomic E-state index is -0.944. The third-order valence-corrected chi connectivity index (χ3v) is 4.94. The van der Waals surface area contributed by atoms with E-state index in [4.69, 9.17) is 0 Å². The van der Waals surface area contributed by atoms with Crippen LogP contribution in [0.25, 0.3) is 11.0 Å². The fourth-order valence-electron chi connectivity index (χ4n) is 3.41. The quantitative estimate of drug-likeness (QED) is 0.746. The Hall–Kier alpha value is -2.65. The van der Waals surface area contributed by atoms with Gasteiger partial charge in [0.05, 0.1) is 17.7 Å². The third-order valence-electron chi connectivity index (χ3n) is 4.94. The van der Waals surface area contributed by atoms with Gasteiger partial charge in [0.15, 0.2) is 17.3 Å². The van der Waals surface area contributed by atoms with Gasteiger partial charge in [-0.2, -0.15) is 5.10 Å². The number of halogens is 2. The lowest BCUT2D eigenvalue weighted by atomic mass is 10.1. The zero-order valence-corrected chi connectivity index (χ0v) is 14.9. The fourth-order valence-corrected chi connectivity index (χ4v) is 3.41. The largest absolute Gasteiger partial charge is 0.387 e. The van der Waals surface area contributed by atoms with Gasteiger partial charge >= 0.3 is 0 Å². The van der Waals surface area contributed by atoms with E-state index in [-0.39, 0.29) is 0 Å². The van der Waals surface area contributed by atoms with Crippen LogP contribution in [0, 0.1) is 11.6 Å². The average Bonchev–Trinajstić information content (AvgIpc) is 3.06. The standard InChI is InChI=1S/C18H20F2N6O/c1-24-17-13(9-23-24)18(22-11-21-17)26-6-4-25(5-7-26)10-16(27)12-2-3-14(19)15(20)8-12/h2-3,8-9,11,16,27H,4-7,10H2,1H3. The van der Waals surface area contributed by atoms with Crippen molar-refractivity contribution in [3.8, 4) is 0 Å². The summed E-state index contributed by atoms with van der Waals surface area (Å²) in [6.45, 7) is 3.31. The summed E-state index contributed by atoms with van der Waals surface area (Å²) in [5.74, 6) is -0.999. The Labute approximate surface area is 154 Å². The van der Waals surface area contributed by atoms with E-state index < -0.39 is 17.7 Å². The summed E-state index contributed by atoms with van der Waals surface area (Å²) in [5, 5.41) is 15.5. The van der Waals surface area contributed by atoms with E-state index in [9.17, 15) is 13.9 Å². The second-order valence-electron chi connectivity index (χ2n) is 6.68. The molecule has 0 saturated carbocycles. The first-order valence-electron chi connectivity index (χ1n) is 8.76. The summed E-state index contributed by atoms with van der Waals surface area (Å²) in [6.07, 6.45) is 2.44. The van der Waals surface area contributed by atoms with Crippen LogP contribution >= 0.6 is 0 Å². The van der Waals surface area contributed by atoms with Crippen molar-refractivity contribution in [2.45, 2.75) is 6.10 Å². The Bertz CT molecular complexity index is 954. The van der Waals surface area contributed by atoms with Crippen molar-refractivity contribution >= 4 is 16.9 Å². The molecule has 2 aromatic heterocycles. The average molecular weight is 374 g/mol. The molecule has 1 N–H and O–H groups in total. The Morgan fingerprint density at radius 1 is 1.11 bits per heavy atom. The maximum atomic E-state index is 13.4. The lowest BCUT2D eigenvalue weighted by Crippen LogP contribution is -2.47. The number of hydrogen-bond donors (Lipinski definition) is 1. The lowest BCUT2D eigenvalue weighted by molar-refractivity contribution is 0.109. The number of β-amino-alcohol motifs (C(OH)–C–C–N with tert-alkyl or cyclic N) is 1. The first kappa shape index (κ1) is 17.7. The van der Waals surface area contributed by atoms with E-state index in [0.29, 0.717) is 12.1 Å². The van der Waals surface area contributed by atoms with Gasteiger partial charge in [0, 0.05) is 39.8 Å². The molecule has 1 atom stereocenters. The maximum absolute atomic E-state index is 13.4. The molecule has 0 aliphatic carbocycles. The second kappa shape index (κ2) is 7.16. The molecule has 0 amide bonds. The van der Waals surface area contributed by atoms with E-state index in [0.717, 1.165) is 55.2 Å². The summed E-state index contributed by atoms with van der Waals surface area (Å²) in [7, 11) is 1.84. The topological polar surface area (TPSA) is 70.3 Å². The van der Waals surface area contributed by atoms with Gasteiger partial charge in [-0.1, -0.05) is 6.07 Å². The van der Waals surface area contributed by atoms with Crippen LogP contribution in [0.4, 0.5) is 14.6 Å². The van der Waals surface area contributed by atoms with E-state index in [1.165, 1.54) is 6.07 Å². The van der Waals surface area contributed by atoms with Crippen LogP contribution in [0.3, 0.4) is 0 Å². The molecular formula is C18H20F2N6O. The van der Waals surface area contributed by atoms with Crippen molar-refractivity contribution < 1.29 is 13.9 Å². The summed E-state index contributed by atoms with van der Waals surface area (Å²) < 4.78 is 28.1. The zero-order chi connectivity index (χ0) is 19.0. The highest BCUT2D eigenvalue weighted by molar-refractivity contribution is 5.86. The normalized spacial score (nSPS) is 16.8. The summed E-state index contributed by atoms with van der Waals surface area (Å²) in [5.41, 5.74) is 1.17. The van der Waals surface area contributed by atoms with Gasteiger partial charge in [0.1, 0.15) is 12.1 Å². The molecule has 0 bridgehead atoms. The summed E-state index contributed by atoms with van der Waals surface area (Å²) in [4.78, 5) is 12.9. The molecule has 3 heterocycles. The van der Waals surface area contributed by atoms with Crippen LogP contribution in [-0.4, -0.2) is 62.5 Å². The molecule has 142 valence electrons. The van der Waals surface area contributed by atoms with E-state index in [2.05, 4.69) is 24.9 Å². The Balaban J connectivity index is 1.40. The second-order valence-corrected chi connectivity index (χ2v) is 6.68. The highest BCUT2D eigenvalue weighted by Gasteiger charge is 2.23. The van der Waals surface area contributed by atoms with Gasteiger partial charge in [-0.05, 0) is 17.7 Å². The number of aliphatic hydroxyl groups is 1. The number of anilines is 1. The predicted octanol–water partition coefficient (Wildman–Crippen LogP) is 1.50. The molecule has 1 fully saturated rings. The Morgan fingerprint density at radius 2 is 1.89 bits per heavy atom. The summed E-state index contributed by atoms with van der Waals surface area (Å²) >= 11 is 0. The minimum Gasteiger partial charge on any atom is -0.387 e. The number of piperazine rings is 1. The van der Waals surface area contributed by atoms with Crippen LogP contribution in [0.2, 0.25) is 0 Å². The van der Waals surface area contributed by atoms with Crippen molar-refractivity contribution in [2.75, 3.05) is 37.6 Å². The van der Waals surface area contributed by atoms with Gasteiger partial charge in [-0.15, -0.1) is 0 Å². The molecule has 4 rings (SSSR count). The highest BCUT2D eigenvalue weighted by atomic mass is 19.2. The molecule has 27 heavy (non-hydrogen) atoms. The number of aromatic nitrogens is 4. The van der Waals surface area contributed by atoms with Gasteiger partial charge in [0.2, 0.25) is 0 Å². The smallest absolute Gasteiger partial charge is 0.163 e. The van der Waals surface area contributed by atoms with Gasteiger partial charge < -0.3 is 10.0 Å². The SMILES string of the molecule is Cn1ncc2c(N3CCN(CC(O)c4ccc(F)c(F)c4)CC3)ncnc21. The first-order chi connectivity index (χ1) is 13.0. The number of benzene rings is 1. The molecule has 3 aromatic rings. The van der Waals surface area contributed by atoms with E-state index in [1.54, 1.807) is 17.2 Å². The Morgan fingerprint density at radius 3 is 2.63 bits per heavy atom. The number of aliphatic hydroxyl groups excluding tert-OH is 1. The van der Waals surface area contributed by atoms with E-state index >= 15 is 0 Å². The van der Waals surface area contributed by atoms with Crippen LogP contribution in [0.5, 0.6) is 0 Å². The van der Waals surface area contributed by atoms with Crippen LogP contribution in [0.15, 0.2) is 30.7 Å². The molecule has 0 radical (unpaired) electrons. The zero-order valence-electron chi connectivity index (χ0n) is 14.9. The molecule has 7 nitrogen and oxygen atoms in total. The van der Waals surface area contributed by atoms with Crippen LogP contribution in [-0.2, 0) is 7.05 Å². The number of nitrogens with zero attached hydrogens (tertiary/aromatic N) is 6. The number of hydrogen-bond acceptors (Lipinski definition) is 6. The molecular weight excluding hydrogens is 354 g/mol. The van der Waals surface area contributed by atoms with E-state index in [1.807, 2.05) is 7.05 Å². The molecule has 1 aliphatic rings. The molecule has 1 aliphatic heterocycles. The molecule has 0 spiro atoms. The number of aryl methyl sites for hydroxylation is 1. The van der Waals surface area contributed by atoms with Crippen LogP contribution in [0.1, 0.15) is 11.7 Å². The van der Waals surface area contributed by atoms with Crippen molar-refractivity contribution in [3.63, 3.8) is 0 Å². The molecule has 1 unspecified atom stereocenters. The van der Waals surface area contributed by atoms with Crippen molar-refractivity contribution in [1.82, 2.24) is 24.6 Å². The third kappa shape index (κ3) is 3.47. The lowest BCUT2D eigenvalue weighted by Gasteiger charge is -2.36. The fraction of sp³-hybridized carbons (Fsp3) is 0.389. The van der Waals surface area contributed by atoms with Crippen molar-refractivity contribution in [1.29, 1.82) is 0 Å². The molecule has 1 saturated heterocycles. The van der Waals surface area contributed by atoms with Gasteiger partial charge in [0.25, 0.3) is 0 Å². The number of fused-ring (bicyclic) bond motifs is 1. The van der Waals surface area contributed by atoms with Crippen LogP contribution < -0.4 is 4.90 Å². The van der Waals surface area contributed by atoms with Gasteiger partial charge in [-0.25, -0.2) is 18.7 Å². The minimum absolute atomic E-state index is 0.366. The summed E-state index contributed by atoms with van der Waals surface area (Å²) in [6, 6.07) is 3.51. The monoisotopic (exact) mass is 374 g/mol. The molecule has 1 aromatic carbocycles. The maximum Gasteiger partial charge on any atom is 0.163 e. The molecule has 9 heteroatoms.